The Balaban J connectivity index is 2.27. The van der Waals surface area contributed by atoms with Gasteiger partial charge in [-0.05, 0) is 37.0 Å². The number of benzene rings is 2. The Hall–Kier alpha value is -2.33. The van der Waals surface area contributed by atoms with Crippen molar-refractivity contribution in [1.29, 1.82) is 0 Å². The summed E-state index contributed by atoms with van der Waals surface area (Å²) in [6.45, 7) is 6.85. The van der Waals surface area contributed by atoms with E-state index in [1.165, 1.54) is 0 Å². The molecule has 2 aromatic rings. The summed E-state index contributed by atoms with van der Waals surface area (Å²) in [4.78, 5) is 27.6. The first-order chi connectivity index (χ1) is 13.5. The number of nitrogens with one attached hydrogen (secondary N) is 1. The van der Waals surface area contributed by atoms with Crippen LogP contribution in [0.3, 0.4) is 0 Å². The van der Waals surface area contributed by atoms with Crippen LogP contribution in [-0.4, -0.2) is 29.3 Å². The van der Waals surface area contributed by atoms with Crippen LogP contribution in [0.1, 0.15) is 43.4 Å². The topological polar surface area (TPSA) is 49.4 Å². The lowest BCUT2D eigenvalue weighted by Gasteiger charge is -2.31. The summed E-state index contributed by atoms with van der Waals surface area (Å²) < 4.78 is 0. The zero-order valence-corrected chi connectivity index (χ0v) is 17.6. The molecule has 28 heavy (non-hydrogen) atoms. The largest absolute Gasteiger partial charge is 0.354 e. The van der Waals surface area contributed by atoms with Gasteiger partial charge in [-0.1, -0.05) is 73.5 Å². The van der Waals surface area contributed by atoms with E-state index in [1.54, 1.807) is 11.0 Å². The molecule has 0 unspecified atom stereocenters. The van der Waals surface area contributed by atoms with E-state index in [1.807, 2.05) is 63.2 Å². The monoisotopic (exact) mass is 400 g/mol. The number of carbonyl (C=O) groups is 2. The van der Waals surface area contributed by atoms with Gasteiger partial charge in [0.25, 0.3) is 0 Å². The van der Waals surface area contributed by atoms with Gasteiger partial charge < -0.3 is 10.2 Å². The lowest BCUT2D eigenvalue weighted by molar-refractivity contribution is -0.140. The van der Waals surface area contributed by atoms with Crippen molar-refractivity contribution in [3.05, 3.63) is 70.2 Å². The molecule has 0 fully saturated rings. The second-order valence-electron chi connectivity index (χ2n) is 6.99. The molecule has 0 saturated carbocycles. The Morgan fingerprint density at radius 3 is 2.36 bits per heavy atom. The van der Waals surface area contributed by atoms with Crippen molar-refractivity contribution < 1.29 is 9.59 Å². The van der Waals surface area contributed by atoms with Gasteiger partial charge in [-0.3, -0.25) is 9.59 Å². The smallest absolute Gasteiger partial charge is 0.242 e. The van der Waals surface area contributed by atoms with Crippen LogP contribution in [0.4, 0.5) is 0 Å². The minimum Gasteiger partial charge on any atom is -0.354 e. The molecule has 4 nitrogen and oxygen atoms in total. The van der Waals surface area contributed by atoms with Crippen LogP contribution in [0.5, 0.6) is 0 Å². The minimum atomic E-state index is -0.527. The molecule has 5 heteroatoms. The highest BCUT2D eigenvalue weighted by molar-refractivity contribution is 6.31. The van der Waals surface area contributed by atoms with Gasteiger partial charge in [0.05, 0.1) is 6.42 Å². The zero-order valence-electron chi connectivity index (χ0n) is 16.9. The van der Waals surface area contributed by atoms with Crippen molar-refractivity contribution in [2.75, 3.05) is 6.54 Å². The SMILES string of the molecule is CCCNC(=O)[C@@H](CC)N(Cc1ccccc1Cl)C(=O)Cc1ccc(C)cc1. The maximum atomic E-state index is 13.2. The molecule has 0 bridgehead atoms. The summed E-state index contributed by atoms with van der Waals surface area (Å²) >= 11 is 6.32. The highest BCUT2D eigenvalue weighted by atomic mass is 35.5. The van der Waals surface area contributed by atoms with Gasteiger partial charge in [-0.25, -0.2) is 0 Å². The molecular formula is C23H29ClN2O2. The fraction of sp³-hybridized carbons (Fsp3) is 0.391. The van der Waals surface area contributed by atoms with E-state index in [2.05, 4.69) is 5.32 Å². The molecule has 150 valence electrons. The molecule has 0 aliphatic heterocycles. The van der Waals surface area contributed by atoms with E-state index in [4.69, 9.17) is 11.6 Å². The Morgan fingerprint density at radius 1 is 1.07 bits per heavy atom. The van der Waals surface area contributed by atoms with Crippen LogP contribution in [0.15, 0.2) is 48.5 Å². The predicted molar refractivity (Wildman–Crippen MR) is 114 cm³/mol. The number of carbonyl (C=O) groups excluding carboxylic acids is 2. The second-order valence-corrected chi connectivity index (χ2v) is 7.40. The van der Waals surface area contributed by atoms with Gasteiger partial charge in [0.1, 0.15) is 6.04 Å². The molecule has 0 aliphatic rings. The van der Waals surface area contributed by atoms with Crippen molar-refractivity contribution in [2.45, 2.75) is 52.6 Å². The van der Waals surface area contributed by atoms with Crippen molar-refractivity contribution in [3.8, 4) is 0 Å². The summed E-state index contributed by atoms with van der Waals surface area (Å²) in [6, 6.07) is 14.8. The molecule has 0 heterocycles. The molecular weight excluding hydrogens is 372 g/mol. The van der Waals surface area contributed by atoms with E-state index >= 15 is 0 Å². The summed E-state index contributed by atoms with van der Waals surface area (Å²) in [5.41, 5.74) is 2.92. The third-order valence-corrected chi connectivity index (χ3v) is 5.08. The fourth-order valence-electron chi connectivity index (χ4n) is 3.08. The average molecular weight is 401 g/mol. The van der Waals surface area contributed by atoms with Gasteiger partial charge >= 0.3 is 0 Å². The van der Waals surface area contributed by atoms with Crippen molar-refractivity contribution >= 4 is 23.4 Å². The van der Waals surface area contributed by atoms with E-state index < -0.39 is 6.04 Å². The summed E-state index contributed by atoms with van der Waals surface area (Å²) in [5, 5.41) is 3.52. The van der Waals surface area contributed by atoms with Crippen molar-refractivity contribution in [2.24, 2.45) is 0 Å². The minimum absolute atomic E-state index is 0.0812. The number of amides is 2. The second kappa shape index (κ2) is 10.9. The number of rotatable bonds is 9. The first-order valence-electron chi connectivity index (χ1n) is 9.82. The summed E-state index contributed by atoms with van der Waals surface area (Å²) in [7, 11) is 0. The standard InChI is InChI=1S/C23H29ClN2O2/c1-4-14-25-23(28)21(5-2)26(16-19-8-6-7-9-20(19)24)22(27)15-18-12-10-17(3)11-13-18/h6-13,21H,4-5,14-16H2,1-3H3,(H,25,28)/t21-/m1/s1. The van der Waals surface area contributed by atoms with Gasteiger partial charge in [-0.2, -0.15) is 0 Å². The predicted octanol–water partition coefficient (Wildman–Crippen LogP) is 4.52. The fourth-order valence-corrected chi connectivity index (χ4v) is 3.27. The molecule has 0 saturated heterocycles. The maximum Gasteiger partial charge on any atom is 0.242 e. The van der Waals surface area contributed by atoms with Gasteiger partial charge in [0, 0.05) is 18.1 Å². The van der Waals surface area contributed by atoms with Gasteiger partial charge in [0.15, 0.2) is 0 Å². The van der Waals surface area contributed by atoms with Crippen molar-refractivity contribution in [1.82, 2.24) is 10.2 Å². The van der Waals surface area contributed by atoms with Crippen LogP contribution in [0.25, 0.3) is 0 Å². The summed E-state index contributed by atoms with van der Waals surface area (Å²) in [6.07, 6.45) is 1.64. The molecule has 2 rings (SSSR count). The van der Waals surface area contributed by atoms with Crippen LogP contribution >= 0.6 is 11.6 Å². The van der Waals surface area contributed by atoms with Crippen LogP contribution in [0, 0.1) is 6.92 Å². The average Bonchev–Trinajstić information content (AvgIpc) is 2.69. The third kappa shape index (κ3) is 6.10. The summed E-state index contributed by atoms with van der Waals surface area (Å²) in [5.74, 6) is -0.198. The molecule has 0 aliphatic carbocycles. The number of hydrogen-bond acceptors (Lipinski definition) is 2. The number of halogens is 1. The normalized spacial score (nSPS) is 11.7. The Labute approximate surface area is 172 Å². The lowest BCUT2D eigenvalue weighted by Crippen LogP contribution is -2.49. The first-order valence-corrected chi connectivity index (χ1v) is 10.2. The molecule has 1 atom stereocenters. The van der Waals surface area contributed by atoms with E-state index in [-0.39, 0.29) is 18.2 Å². The zero-order chi connectivity index (χ0) is 20.5. The van der Waals surface area contributed by atoms with Crippen molar-refractivity contribution in [3.63, 3.8) is 0 Å². The van der Waals surface area contributed by atoms with Crippen LogP contribution in [0.2, 0.25) is 5.02 Å². The van der Waals surface area contributed by atoms with Crippen LogP contribution in [-0.2, 0) is 22.6 Å². The molecule has 0 aromatic heterocycles. The number of nitrogens with zero attached hydrogens (tertiary/aromatic N) is 1. The Bertz CT molecular complexity index is 789. The quantitative estimate of drug-likeness (QED) is 0.672. The first kappa shape index (κ1) is 22.0. The highest BCUT2D eigenvalue weighted by Crippen LogP contribution is 2.20. The van der Waals surface area contributed by atoms with Gasteiger partial charge in [-0.15, -0.1) is 0 Å². The number of hydrogen-bond donors (Lipinski definition) is 1. The van der Waals surface area contributed by atoms with E-state index in [9.17, 15) is 9.59 Å². The Morgan fingerprint density at radius 2 is 1.75 bits per heavy atom. The molecule has 1 N–H and O–H groups in total. The molecule has 2 aromatic carbocycles. The molecule has 0 radical (unpaired) electrons. The lowest BCUT2D eigenvalue weighted by atomic mass is 10.1. The number of aryl methyl sites for hydroxylation is 1. The van der Waals surface area contributed by atoms with E-state index in [0.29, 0.717) is 24.5 Å². The van der Waals surface area contributed by atoms with Crippen LogP contribution < -0.4 is 5.32 Å². The van der Waals surface area contributed by atoms with Gasteiger partial charge in [0.2, 0.25) is 11.8 Å². The van der Waals surface area contributed by atoms with E-state index in [0.717, 1.165) is 23.1 Å². The highest BCUT2D eigenvalue weighted by Gasteiger charge is 2.28. The molecule has 0 spiro atoms. The Kier molecular flexibility index (Phi) is 8.52. The molecule has 2 amide bonds. The third-order valence-electron chi connectivity index (χ3n) is 4.71. The maximum absolute atomic E-state index is 13.2.